The Labute approximate surface area is 182 Å². The zero-order chi connectivity index (χ0) is 23.3. The first-order valence-corrected chi connectivity index (χ1v) is 10.1. The maximum Gasteiger partial charge on any atom is 0.416 e. The first kappa shape index (κ1) is 23.4. The summed E-state index contributed by atoms with van der Waals surface area (Å²) in [6, 6.07) is 11.5. The van der Waals surface area contributed by atoms with Crippen molar-refractivity contribution in [3.63, 3.8) is 0 Å². The lowest BCUT2D eigenvalue weighted by molar-refractivity contribution is -0.137. The van der Waals surface area contributed by atoms with Gasteiger partial charge in [-0.2, -0.15) is 13.2 Å². The molecule has 10 heteroatoms. The van der Waals surface area contributed by atoms with Crippen LogP contribution in [-0.2, 0) is 24.1 Å². The van der Waals surface area contributed by atoms with E-state index in [1.54, 1.807) is 9.13 Å². The van der Waals surface area contributed by atoms with Crippen LogP contribution in [0.2, 0.25) is 0 Å². The van der Waals surface area contributed by atoms with Gasteiger partial charge in [0, 0.05) is 26.1 Å². The Morgan fingerprint density at radius 3 is 2.31 bits per heavy atom. The fraction of sp³-hybridized carbons (Fsp3) is 0.364. The molecule has 32 heavy (non-hydrogen) atoms. The number of fused-ring (bicyclic) bond motifs is 1. The van der Waals surface area contributed by atoms with E-state index < -0.39 is 17.8 Å². The van der Waals surface area contributed by atoms with Gasteiger partial charge < -0.3 is 15.2 Å². The third-order valence-electron chi connectivity index (χ3n) is 4.96. The minimum Gasteiger partial charge on any atom is -0.491 e. The van der Waals surface area contributed by atoms with E-state index in [0.717, 1.165) is 23.2 Å². The standard InChI is InChI=1S/C22H24F3N3O4/c1-2-27-18-5-3-4-6-19(18)28(21(27)31)12-11-20(30)26-13-16(29)14-32-17-9-7-15(8-10-17)22(23,24)25/h3-10,16,29H,2,11-14H2,1H3,(H,26,30). The van der Waals surface area contributed by atoms with Crippen molar-refractivity contribution in [2.45, 2.75) is 38.7 Å². The Kier molecular flexibility index (Phi) is 7.24. The van der Waals surface area contributed by atoms with E-state index in [4.69, 9.17) is 4.74 Å². The van der Waals surface area contributed by atoms with Crippen molar-refractivity contribution in [1.82, 2.24) is 14.5 Å². The number of aliphatic hydroxyl groups is 1. The molecule has 3 rings (SSSR count). The summed E-state index contributed by atoms with van der Waals surface area (Å²) in [4.78, 5) is 24.7. The second-order valence-corrected chi connectivity index (χ2v) is 7.21. The molecule has 172 valence electrons. The van der Waals surface area contributed by atoms with Crippen LogP contribution in [0.3, 0.4) is 0 Å². The third-order valence-corrected chi connectivity index (χ3v) is 4.96. The Morgan fingerprint density at radius 1 is 1.09 bits per heavy atom. The first-order valence-electron chi connectivity index (χ1n) is 10.1. The van der Waals surface area contributed by atoms with Crippen LogP contribution in [0.5, 0.6) is 5.75 Å². The van der Waals surface area contributed by atoms with Crippen LogP contribution < -0.4 is 15.7 Å². The number of imidazole rings is 1. The highest BCUT2D eigenvalue weighted by Gasteiger charge is 2.30. The fourth-order valence-electron chi connectivity index (χ4n) is 3.32. The summed E-state index contributed by atoms with van der Waals surface area (Å²) in [5.41, 5.74) is 0.568. The summed E-state index contributed by atoms with van der Waals surface area (Å²) in [6.07, 6.45) is -5.44. The quantitative estimate of drug-likeness (QED) is 0.524. The largest absolute Gasteiger partial charge is 0.491 e. The molecule has 1 atom stereocenters. The van der Waals surface area contributed by atoms with E-state index in [9.17, 15) is 27.9 Å². The lowest BCUT2D eigenvalue weighted by Crippen LogP contribution is -2.36. The number of nitrogens with zero attached hydrogens (tertiary/aromatic N) is 2. The van der Waals surface area contributed by atoms with E-state index in [1.165, 1.54) is 12.1 Å². The third kappa shape index (κ3) is 5.50. The molecule has 0 aliphatic heterocycles. The molecular weight excluding hydrogens is 427 g/mol. The highest BCUT2D eigenvalue weighted by molar-refractivity contribution is 5.78. The zero-order valence-electron chi connectivity index (χ0n) is 17.4. The molecule has 0 bridgehead atoms. The summed E-state index contributed by atoms with van der Waals surface area (Å²) in [6.45, 7) is 2.29. The molecule has 0 spiro atoms. The normalized spacial score (nSPS) is 12.7. The molecule has 0 saturated heterocycles. The number of ether oxygens (including phenoxy) is 1. The number of alkyl halides is 3. The first-order chi connectivity index (χ1) is 15.2. The number of rotatable bonds is 9. The van der Waals surface area contributed by atoms with E-state index in [1.807, 2.05) is 31.2 Å². The van der Waals surface area contributed by atoms with Crippen molar-refractivity contribution < 1.29 is 27.8 Å². The SMILES string of the molecule is CCn1c(=O)n(CCC(=O)NCC(O)COc2ccc(C(F)(F)F)cc2)c2ccccc21. The predicted molar refractivity (Wildman–Crippen MR) is 112 cm³/mol. The lowest BCUT2D eigenvalue weighted by atomic mass is 10.2. The summed E-state index contributed by atoms with van der Waals surface area (Å²) in [5, 5.41) is 12.5. The summed E-state index contributed by atoms with van der Waals surface area (Å²) in [5.74, 6) is -0.172. The van der Waals surface area contributed by atoms with Gasteiger partial charge in [-0.05, 0) is 43.3 Å². The molecule has 0 saturated carbocycles. The van der Waals surface area contributed by atoms with Crippen molar-refractivity contribution in [1.29, 1.82) is 0 Å². The number of hydrogen-bond donors (Lipinski definition) is 2. The lowest BCUT2D eigenvalue weighted by Gasteiger charge is -2.14. The summed E-state index contributed by atoms with van der Waals surface area (Å²) in [7, 11) is 0. The minimum absolute atomic E-state index is 0.0457. The second kappa shape index (κ2) is 9.90. The molecule has 7 nitrogen and oxygen atoms in total. The molecule has 3 aromatic rings. The number of benzene rings is 2. The summed E-state index contributed by atoms with van der Waals surface area (Å²) >= 11 is 0. The number of aliphatic hydroxyl groups excluding tert-OH is 1. The van der Waals surface area contributed by atoms with Crippen LogP contribution in [-0.4, -0.2) is 39.4 Å². The van der Waals surface area contributed by atoms with Crippen molar-refractivity contribution in [2.75, 3.05) is 13.2 Å². The van der Waals surface area contributed by atoms with Gasteiger partial charge in [-0.3, -0.25) is 13.9 Å². The van der Waals surface area contributed by atoms with Gasteiger partial charge in [0.1, 0.15) is 18.5 Å². The molecule has 1 unspecified atom stereocenters. The number of halogens is 3. The summed E-state index contributed by atoms with van der Waals surface area (Å²) < 4.78 is 46.1. The highest BCUT2D eigenvalue weighted by Crippen LogP contribution is 2.30. The molecule has 2 N–H and O–H groups in total. The Hall–Kier alpha value is -3.27. The van der Waals surface area contributed by atoms with Crippen molar-refractivity contribution in [2.24, 2.45) is 0 Å². The minimum atomic E-state index is -4.43. The van der Waals surface area contributed by atoms with Gasteiger partial charge in [0.25, 0.3) is 0 Å². The van der Waals surface area contributed by atoms with Crippen LogP contribution in [0, 0.1) is 0 Å². The number of aryl methyl sites for hydroxylation is 2. The molecule has 1 aromatic heterocycles. The number of nitrogens with one attached hydrogen (secondary N) is 1. The van der Waals surface area contributed by atoms with Crippen LogP contribution in [0.1, 0.15) is 18.9 Å². The van der Waals surface area contributed by atoms with Crippen LogP contribution in [0.25, 0.3) is 11.0 Å². The Bertz CT molecular complexity index is 1120. The molecule has 2 aromatic carbocycles. The predicted octanol–water partition coefficient (Wildman–Crippen LogP) is 2.79. The monoisotopic (exact) mass is 451 g/mol. The molecule has 0 aliphatic rings. The van der Waals surface area contributed by atoms with Gasteiger partial charge in [-0.1, -0.05) is 12.1 Å². The average molecular weight is 451 g/mol. The number of hydrogen-bond acceptors (Lipinski definition) is 4. The van der Waals surface area contributed by atoms with Crippen molar-refractivity contribution >= 4 is 16.9 Å². The van der Waals surface area contributed by atoms with Crippen molar-refractivity contribution in [3.8, 4) is 5.75 Å². The number of carbonyl (C=O) groups excluding carboxylic acids is 1. The van der Waals surface area contributed by atoms with Crippen LogP contribution >= 0.6 is 0 Å². The molecule has 0 radical (unpaired) electrons. The molecule has 1 heterocycles. The van der Waals surface area contributed by atoms with E-state index >= 15 is 0 Å². The van der Waals surface area contributed by atoms with Crippen molar-refractivity contribution in [3.05, 3.63) is 64.6 Å². The van der Waals surface area contributed by atoms with Gasteiger partial charge in [0.05, 0.1) is 16.6 Å². The van der Waals surface area contributed by atoms with Gasteiger partial charge in [0.15, 0.2) is 0 Å². The fourth-order valence-corrected chi connectivity index (χ4v) is 3.32. The van der Waals surface area contributed by atoms with Crippen LogP contribution in [0.15, 0.2) is 53.3 Å². The molecule has 0 fully saturated rings. The van der Waals surface area contributed by atoms with Gasteiger partial charge in [0.2, 0.25) is 5.91 Å². The highest BCUT2D eigenvalue weighted by atomic mass is 19.4. The number of carbonyl (C=O) groups is 1. The number of amides is 1. The topological polar surface area (TPSA) is 85.5 Å². The Morgan fingerprint density at radius 2 is 1.72 bits per heavy atom. The zero-order valence-corrected chi connectivity index (χ0v) is 17.4. The Balaban J connectivity index is 1.47. The number of aromatic nitrogens is 2. The van der Waals surface area contributed by atoms with E-state index in [-0.39, 0.29) is 43.5 Å². The van der Waals surface area contributed by atoms with Crippen LogP contribution in [0.4, 0.5) is 13.2 Å². The molecular formula is C22H24F3N3O4. The average Bonchev–Trinajstić information content (AvgIpc) is 3.04. The molecule has 1 amide bonds. The van der Waals surface area contributed by atoms with E-state index in [2.05, 4.69) is 5.32 Å². The smallest absolute Gasteiger partial charge is 0.416 e. The van der Waals surface area contributed by atoms with Gasteiger partial charge in [-0.15, -0.1) is 0 Å². The maximum absolute atomic E-state index is 12.6. The molecule has 0 aliphatic carbocycles. The second-order valence-electron chi connectivity index (χ2n) is 7.21. The maximum atomic E-state index is 12.6. The number of para-hydroxylation sites is 2. The van der Waals surface area contributed by atoms with E-state index in [0.29, 0.717) is 6.54 Å². The van der Waals surface area contributed by atoms with Gasteiger partial charge in [-0.25, -0.2) is 4.79 Å². The van der Waals surface area contributed by atoms with Gasteiger partial charge >= 0.3 is 11.9 Å².